The summed E-state index contributed by atoms with van der Waals surface area (Å²) in [5.74, 6) is 0.730. The summed E-state index contributed by atoms with van der Waals surface area (Å²) in [6, 6.07) is 4.08. The van der Waals surface area contributed by atoms with Gasteiger partial charge in [0.1, 0.15) is 6.61 Å². The number of pyridine rings is 1. The van der Waals surface area contributed by atoms with Gasteiger partial charge in [0, 0.05) is 24.8 Å². The van der Waals surface area contributed by atoms with Crippen molar-refractivity contribution in [2.45, 2.75) is 40.7 Å². The second-order valence-corrected chi connectivity index (χ2v) is 4.95. The van der Waals surface area contributed by atoms with E-state index in [2.05, 4.69) is 42.0 Å². The lowest BCUT2D eigenvalue weighted by Gasteiger charge is -2.18. The number of rotatable bonds is 10. The zero-order valence-corrected chi connectivity index (χ0v) is 13.4. The van der Waals surface area contributed by atoms with Crippen molar-refractivity contribution in [3.63, 3.8) is 0 Å². The molecule has 0 spiro atoms. The average Bonchev–Trinajstić information content (AvgIpc) is 2.46. The standard InChI is InChI=1S/C16H29N3O/c1-5-10-17-13-15-8-9-16(18-14(15)4)20-12-11-19(6-2)7-3/h8-9,17H,5-7,10-13H2,1-4H3. The van der Waals surface area contributed by atoms with E-state index in [1.165, 1.54) is 5.56 Å². The maximum absolute atomic E-state index is 5.73. The summed E-state index contributed by atoms with van der Waals surface area (Å²) in [6.07, 6.45) is 1.15. The van der Waals surface area contributed by atoms with Gasteiger partial charge < -0.3 is 15.0 Å². The van der Waals surface area contributed by atoms with Crippen molar-refractivity contribution in [2.24, 2.45) is 0 Å². The first-order valence-electron chi connectivity index (χ1n) is 7.73. The van der Waals surface area contributed by atoms with Crippen molar-refractivity contribution in [3.8, 4) is 5.88 Å². The summed E-state index contributed by atoms with van der Waals surface area (Å²) in [5.41, 5.74) is 2.29. The highest BCUT2D eigenvalue weighted by atomic mass is 16.5. The Labute approximate surface area is 123 Å². The molecule has 0 aromatic carbocycles. The predicted molar refractivity (Wildman–Crippen MR) is 84.3 cm³/mol. The summed E-state index contributed by atoms with van der Waals surface area (Å²) in [6.45, 7) is 14.3. The molecule has 1 N–H and O–H groups in total. The zero-order valence-electron chi connectivity index (χ0n) is 13.4. The van der Waals surface area contributed by atoms with Crippen LogP contribution in [0.25, 0.3) is 0 Å². The van der Waals surface area contributed by atoms with E-state index in [9.17, 15) is 0 Å². The lowest BCUT2D eigenvalue weighted by molar-refractivity contribution is 0.217. The van der Waals surface area contributed by atoms with Gasteiger partial charge in [0.25, 0.3) is 0 Å². The van der Waals surface area contributed by atoms with E-state index in [0.717, 1.165) is 50.7 Å². The Hall–Kier alpha value is -1.13. The smallest absolute Gasteiger partial charge is 0.213 e. The number of aryl methyl sites for hydroxylation is 1. The molecule has 0 bridgehead atoms. The fourth-order valence-corrected chi connectivity index (χ4v) is 2.05. The predicted octanol–water partition coefficient (Wildman–Crippen LogP) is 2.61. The van der Waals surface area contributed by atoms with Gasteiger partial charge in [-0.25, -0.2) is 4.98 Å². The Morgan fingerprint density at radius 1 is 1.20 bits per heavy atom. The molecule has 0 aliphatic carbocycles. The summed E-state index contributed by atoms with van der Waals surface area (Å²) in [5, 5.41) is 3.40. The van der Waals surface area contributed by atoms with E-state index in [4.69, 9.17) is 4.74 Å². The molecule has 1 rings (SSSR count). The Bertz CT molecular complexity index is 378. The SMILES string of the molecule is CCCNCc1ccc(OCCN(CC)CC)nc1C. The molecule has 0 radical (unpaired) electrons. The van der Waals surface area contributed by atoms with Crippen LogP contribution < -0.4 is 10.1 Å². The molecule has 0 aliphatic rings. The summed E-state index contributed by atoms with van der Waals surface area (Å²) in [7, 11) is 0. The Morgan fingerprint density at radius 3 is 2.55 bits per heavy atom. The van der Waals surface area contributed by atoms with Crippen LogP contribution >= 0.6 is 0 Å². The summed E-state index contributed by atoms with van der Waals surface area (Å²) < 4.78 is 5.73. The van der Waals surface area contributed by atoms with Crippen LogP contribution in [0.3, 0.4) is 0 Å². The molecule has 0 saturated carbocycles. The minimum atomic E-state index is 0.696. The van der Waals surface area contributed by atoms with Gasteiger partial charge in [-0.2, -0.15) is 0 Å². The maximum Gasteiger partial charge on any atom is 0.213 e. The van der Waals surface area contributed by atoms with Crippen LogP contribution in [0, 0.1) is 6.92 Å². The van der Waals surface area contributed by atoms with Crippen molar-refractivity contribution in [2.75, 3.05) is 32.8 Å². The van der Waals surface area contributed by atoms with Crippen molar-refractivity contribution < 1.29 is 4.74 Å². The molecule has 4 heteroatoms. The van der Waals surface area contributed by atoms with Crippen LogP contribution in [-0.2, 0) is 6.54 Å². The second-order valence-electron chi connectivity index (χ2n) is 4.95. The number of aromatic nitrogens is 1. The van der Waals surface area contributed by atoms with Crippen LogP contribution in [0.2, 0.25) is 0 Å². The molecule has 114 valence electrons. The highest BCUT2D eigenvalue weighted by Crippen LogP contribution is 2.12. The number of likely N-dealkylation sites (N-methyl/N-ethyl adjacent to an activating group) is 1. The van der Waals surface area contributed by atoms with E-state index >= 15 is 0 Å². The fourth-order valence-electron chi connectivity index (χ4n) is 2.05. The lowest BCUT2D eigenvalue weighted by atomic mass is 10.2. The van der Waals surface area contributed by atoms with Crippen LogP contribution in [0.5, 0.6) is 5.88 Å². The molecule has 4 nitrogen and oxygen atoms in total. The Kier molecular flexibility index (Phi) is 8.23. The normalized spacial score (nSPS) is 11.1. The maximum atomic E-state index is 5.73. The second kappa shape index (κ2) is 9.72. The Balaban J connectivity index is 2.42. The molecule has 1 aromatic heterocycles. The van der Waals surface area contributed by atoms with Crippen molar-refractivity contribution >= 4 is 0 Å². The van der Waals surface area contributed by atoms with E-state index in [0.29, 0.717) is 6.61 Å². The molecule has 0 unspecified atom stereocenters. The third kappa shape index (κ3) is 5.88. The first-order chi connectivity index (χ1) is 9.71. The minimum absolute atomic E-state index is 0.696. The van der Waals surface area contributed by atoms with Crippen LogP contribution in [0.1, 0.15) is 38.4 Å². The van der Waals surface area contributed by atoms with E-state index in [1.54, 1.807) is 0 Å². The van der Waals surface area contributed by atoms with E-state index in [-0.39, 0.29) is 0 Å². The van der Waals surface area contributed by atoms with Gasteiger partial charge in [0.2, 0.25) is 5.88 Å². The molecular formula is C16H29N3O. The van der Waals surface area contributed by atoms with Crippen molar-refractivity contribution in [1.29, 1.82) is 0 Å². The lowest BCUT2D eigenvalue weighted by Crippen LogP contribution is -2.28. The highest BCUT2D eigenvalue weighted by molar-refractivity contribution is 5.24. The van der Waals surface area contributed by atoms with Gasteiger partial charge >= 0.3 is 0 Å². The largest absolute Gasteiger partial charge is 0.476 e. The average molecular weight is 279 g/mol. The molecule has 1 heterocycles. The van der Waals surface area contributed by atoms with Crippen molar-refractivity contribution in [1.82, 2.24) is 15.2 Å². The monoisotopic (exact) mass is 279 g/mol. The van der Waals surface area contributed by atoms with Crippen LogP contribution in [0.4, 0.5) is 0 Å². The molecule has 0 aliphatic heterocycles. The highest BCUT2D eigenvalue weighted by Gasteiger charge is 2.04. The first kappa shape index (κ1) is 16.9. The van der Waals surface area contributed by atoms with Gasteiger partial charge in [-0.15, -0.1) is 0 Å². The van der Waals surface area contributed by atoms with Crippen LogP contribution in [-0.4, -0.2) is 42.7 Å². The van der Waals surface area contributed by atoms with Crippen LogP contribution in [0.15, 0.2) is 12.1 Å². The number of nitrogens with zero attached hydrogens (tertiary/aromatic N) is 2. The summed E-state index contributed by atoms with van der Waals surface area (Å²) >= 11 is 0. The number of hydrogen-bond donors (Lipinski definition) is 1. The van der Waals surface area contributed by atoms with Gasteiger partial charge in [-0.3, -0.25) is 0 Å². The van der Waals surface area contributed by atoms with Gasteiger partial charge in [-0.05, 0) is 38.5 Å². The molecule has 0 saturated heterocycles. The fraction of sp³-hybridized carbons (Fsp3) is 0.688. The third-order valence-corrected chi connectivity index (χ3v) is 3.46. The quantitative estimate of drug-likeness (QED) is 0.668. The molecule has 20 heavy (non-hydrogen) atoms. The minimum Gasteiger partial charge on any atom is -0.476 e. The van der Waals surface area contributed by atoms with Gasteiger partial charge in [0.15, 0.2) is 0 Å². The number of nitrogens with one attached hydrogen (secondary N) is 1. The molecular weight excluding hydrogens is 250 g/mol. The molecule has 0 amide bonds. The zero-order chi connectivity index (χ0) is 14.8. The molecule has 0 atom stereocenters. The van der Waals surface area contributed by atoms with Gasteiger partial charge in [-0.1, -0.05) is 26.8 Å². The van der Waals surface area contributed by atoms with E-state index < -0.39 is 0 Å². The van der Waals surface area contributed by atoms with Gasteiger partial charge in [0.05, 0.1) is 0 Å². The number of hydrogen-bond acceptors (Lipinski definition) is 4. The third-order valence-electron chi connectivity index (χ3n) is 3.46. The topological polar surface area (TPSA) is 37.4 Å². The van der Waals surface area contributed by atoms with Crippen molar-refractivity contribution in [3.05, 3.63) is 23.4 Å². The summed E-state index contributed by atoms with van der Waals surface area (Å²) in [4.78, 5) is 6.86. The number of ether oxygens (including phenoxy) is 1. The van der Waals surface area contributed by atoms with E-state index in [1.807, 2.05) is 13.0 Å². The first-order valence-corrected chi connectivity index (χ1v) is 7.73. The Morgan fingerprint density at radius 2 is 1.95 bits per heavy atom. The molecule has 0 fully saturated rings. The molecule has 1 aromatic rings.